The Morgan fingerprint density at radius 2 is 1.56 bits per heavy atom. The molecule has 0 aliphatic rings. The van der Waals surface area contributed by atoms with Crippen LogP contribution in [0.2, 0.25) is 0 Å². The number of nitrogens with zero attached hydrogens (tertiary/aromatic N) is 1. The zero-order valence-corrected chi connectivity index (χ0v) is 10.3. The second-order valence-corrected chi connectivity index (χ2v) is 4.32. The minimum atomic E-state index is 1.17. The molecule has 0 spiro atoms. The van der Waals surface area contributed by atoms with Gasteiger partial charge in [-0.2, -0.15) is 0 Å². The number of benzene rings is 3. The molecule has 0 unspecified atom stereocenters. The molecule has 87 valence electrons. The highest BCUT2D eigenvalue weighted by Gasteiger charge is 2.06. The first-order chi connectivity index (χ1) is 8.86. The molecule has 0 saturated carbocycles. The van der Waals surface area contributed by atoms with Crippen molar-refractivity contribution in [3.63, 3.8) is 0 Å². The average Bonchev–Trinajstić information content (AvgIpc) is 2.47. The van der Waals surface area contributed by atoms with Gasteiger partial charge >= 0.3 is 0 Å². The molecule has 3 aromatic rings. The molecular formula is C17H14N. The maximum atomic E-state index is 3.05. The van der Waals surface area contributed by atoms with Crippen LogP contribution in [0.25, 0.3) is 10.8 Å². The fraction of sp³-hybridized carbons (Fsp3) is 0.0588. The Morgan fingerprint density at radius 3 is 2.39 bits per heavy atom. The van der Waals surface area contributed by atoms with E-state index < -0.39 is 0 Å². The van der Waals surface area contributed by atoms with Gasteiger partial charge in [-0.25, -0.2) is 0 Å². The standard InChI is InChI=1S/C17H14N/c1-18(15-10-3-2-4-11-15)17-13-7-9-14-8-5-6-12-16(14)17/h3-13H,1H3. The molecule has 0 N–H and O–H groups in total. The first kappa shape index (κ1) is 10.8. The van der Waals surface area contributed by atoms with Crippen molar-refractivity contribution in [2.24, 2.45) is 0 Å². The highest BCUT2D eigenvalue weighted by Crippen LogP contribution is 2.30. The molecular weight excluding hydrogens is 218 g/mol. The van der Waals surface area contributed by atoms with E-state index >= 15 is 0 Å². The van der Waals surface area contributed by atoms with Crippen molar-refractivity contribution >= 4 is 22.1 Å². The van der Waals surface area contributed by atoms with Gasteiger partial charge in [-0.1, -0.05) is 48.5 Å². The first-order valence-corrected chi connectivity index (χ1v) is 6.04. The van der Waals surface area contributed by atoms with E-state index in [9.17, 15) is 0 Å². The normalized spacial score (nSPS) is 10.5. The summed E-state index contributed by atoms with van der Waals surface area (Å²) in [6.07, 6.45) is 0. The van der Waals surface area contributed by atoms with Gasteiger partial charge in [0.1, 0.15) is 0 Å². The molecule has 0 bridgehead atoms. The maximum Gasteiger partial charge on any atom is 0.0487 e. The second-order valence-electron chi connectivity index (χ2n) is 4.32. The number of fused-ring (bicyclic) bond motifs is 1. The third-order valence-corrected chi connectivity index (χ3v) is 3.22. The van der Waals surface area contributed by atoms with E-state index in [-0.39, 0.29) is 0 Å². The van der Waals surface area contributed by atoms with Crippen LogP contribution in [-0.2, 0) is 0 Å². The second kappa shape index (κ2) is 4.53. The van der Waals surface area contributed by atoms with Gasteiger partial charge in [0.2, 0.25) is 0 Å². The largest absolute Gasteiger partial charge is 0.344 e. The Labute approximate surface area is 107 Å². The summed E-state index contributed by atoms with van der Waals surface area (Å²) in [4.78, 5) is 2.20. The lowest BCUT2D eigenvalue weighted by Gasteiger charge is -2.21. The highest BCUT2D eigenvalue weighted by atomic mass is 15.1. The van der Waals surface area contributed by atoms with Gasteiger partial charge in [0.15, 0.2) is 0 Å². The molecule has 0 atom stereocenters. The maximum absolute atomic E-state index is 3.05. The first-order valence-electron chi connectivity index (χ1n) is 6.04. The molecule has 1 heteroatoms. The van der Waals surface area contributed by atoms with Crippen LogP contribution < -0.4 is 4.90 Å². The van der Waals surface area contributed by atoms with Crippen LogP contribution in [0, 0.1) is 6.07 Å². The molecule has 18 heavy (non-hydrogen) atoms. The third kappa shape index (κ3) is 1.84. The lowest BCUT2D eigenvalue weighted by Crippen LogP contribution is -2.09. The highest BCUT2D eigenvalue weighted by molar-refractivity contribution is 5.95. The Kier molecular flexibility index (Phi) is 2.73. The van der Waals surface area contributed by atoms with Crippen molar-refractivity contribution in [2.75, 3.05) is 11.9 Å². The molecule has 1 radical (unpaired) electrons. The molecule has 0 amide bonds. The van der Waals surface area contributed by atoms with E-state index in [1.54, 1.807) is 0 Å². The molecule has 3 rings (SSSR count). The summed E-state index contributed by atoms with van der Waals surface area (Å²) in [7, 11) is 2.09. The summed E-state index contributed by atoms with van der Waals surface area (Å²) in [5, 5.41) is 2.54. The number of anilines is 2. The van der Waals surface area contributed by atoms with Crippen molar-refractivity contribution in [2.45, 2.75) is 0 Å². The molecule has 1 nitrogen and oxygen atoms in total. The Balaban J connectivity index is 2.15. The van der Waals surface area contributed by atoms with Gasteiger partial charge in [0, 0.05) is 23.8 Å². The van der Waals surface area contributed by atoms with Crippen LogP contribution in [0.3, 0.4) is 0 Å². The lowest BCUT2D eigenvalue weighted by molar-refractivity contribution is 1.22. The fourth-order valence-corrected chi connectivity index (χ4v) is 2.24. The van der Waals surface area contributed by atoms with E-state index in [1.165, 1.54) is 22.1 Å². The third-order valence-electron chi connectivity index (χ3n) is 3.22. The fourth-order valence-electron chi connectivity index (χ4n) is 2.24. The number of hydrogen-bond donors (Lipinski definition) is 0. The van der Waals surface area contributed by atoms with E-state index in [0.29, 0.717) is 0 Å². The van der Waals surface area contributed by atoms with Gasteiger partial charge in [-0.15, -0.1) is 0 Å². The quantitative estimate of drug-likeness (QED) is 0.632. The van der Waals surface area contributed by atoms with E-state index in [0.717, 1.165) is 0 Å². The molecule has 0 aromatic heterocycles. The summed E-state index contributed by atoms with van der Waals surface area (Å²) in [6.45, 7) is 0. The topological polar surface area (TPSA) is 3.24 Å². The number of hydrogen-bond acceptors (Lipinski definition) is 1. The van der Waals surface area contributed by atoms with Crippen molar-refractivity contribution in [1.82, 2.24) is 0 Å². The summed E-state index contributed by atoms with van der Waals surface area (Å²) >= 11 is 0. The smallest absolute Gasteiger partial charge is 0.0487 e. The van der Waals surface area contributed by atoms with Gasteiger partial charge < -0.3 is 4.90 Å². The summed E-state index contributed by atoms with van der Waals surface area (Å²) < 4.78 is 0. The Bertz CT molecular complexity index is 653. The SMILES string of the molecule is CN(c1cc[c]cc1)c1cccc2ccccc12. The zero-order valence-electron chi connectivity index (χ0n) is 10.3. The lowest BCUT2D eigenvalue weighted by atomic mass is 10.1. The van der Waals surface area contributed by atoms with Crippen molar-refractivity contribution in [1.29, 1.82) is 0 Å². The molecule has 0 heterocycles. The van der Waals surface area contributed by atoms with Gasteiger partial charge in [-0.05, 0) is 29.7 Å². The molecule has 0 aliphatic heterocycles. The molecule has 0 fully saturated rings. The van der Waals surface area contributed by atoms with Crippen molar-refractivity contribution < 1.29 is 0 Å². The minimum Gasteiger partial charge on any atom is -0.344 e. The van der Waals surface area contributed by atoms with Gasteiger partial charge in [-0.3, -0.25) is 0 Å². The van der Waals surface area contributed by atoms with E-state index in [1.807, 2.05) is 12.1 Å². The van der Waals surface area contributed by atoms with Crippen molar-refractivity contribution in [3.8, 4) is 0 Å². The predicted molar refractivity (Wildman–Crippen MR) is 77.3 cm³/mol. The zero-order chi connectivity index (χ0) is 12.4. The predicted octanol–water partition coefficient (Wildman–Crippen LogP) is 4.41. The van der Waals surface area contributed by atoms with Crippen LogP contribution in [0.5, 0.6) is 0 Å². The van der Waals surface area contributed by atoms with Crippen LogP contribution in [-0.4, -0.2) is 7.05 Å². The summed E-state index contributed by atoms with van der Waals surface area (Å²) in [5.74, 6) is 0. The van der Waals surface area contributed by atoms with E-state index in [4.69, 9.17) is 0 Å². The van der Waals surface area contributed by atoms with Gasteiger partial charge in [0.05, 0.1) is 0 Å². The summed E-state index contributed by atoms with van der Waals surface area (Å²) in [5.41, 5.74) is 2.39. The average molecular weight is 232 g/mol. The van der Waals surface area contributed by atoms with Crippen LogP contribution in [0.4, 0.5) is 11.4 Å². The van der Waals surface area contributed by atoms with E-state index in [2.05, 4.69) is 72.6 Å². The molecule has 0 saturated heterocycles. The van der Waals surface area contributed by atoms with Gasteiger partial charge in [0.25, 0.3) is 0 Å². The minimum absolute atomic E-state index is 1.17. The monoisotopic (exact) mass is 232 g/mol. The Hall–Kier alpha value is -2.28. The molecule has 0 aliphatic carbocycles. The van der Waals surface area contributed by atoms with Crippen LogP contribution in [0.15, 0.2) is 66.7 Å². The summed E-state index contributed by atoms with van der Waals surface area (Å²) in [6, 6.07) is 25.9. The van der Waals surface area contributed by atoms with Crippen LogP contribution in [0.1, 0.15) is 0 Å². The van der Waals surface area contributed by atoms with Crippen LogP contribution >= 0.6 is 0 Å². The Morgan fingerprint density at radius 1 is 0.833 bits per heavy atom. The number of rotatable bonds is 2. The van der Waals surface area contributed by atoms with Crippen molar-refractivity contribution in [3.05, 3.63) is 72.8 Å². The molecule has 3 aromatic carbocycles.